The zero-order chi connectivity index (χ0) is 36.6. The number of rotatable bonds is 4. The molecule has 0 unspecified atom stereocenters. The first-order valence-corrected chi connectivity index (χ1v) is 18.3. The molecule has 3 heterocycles. The van der Waals surface area contributed by atoms with Crippen LogP contribution in [0.3, 0.4) is 0 Å². The van der Waals surface area contributed by atoms with Crippen molar-refractivity contribution in [2.24, 2.45) is 0 Å². The van der Waals surface area contributed by atoms with Gasteiger partial charge < -0.3 is 13.7 Å². The Bertz CT molecular complexity index is 3420. The monoisotopic (exact) mass is 699 g/mol. The van der Waals surface area contributed by atoms with Gasteiger partial charge in [-0.05, 0) is 72.1 Å². The summed E-state index contributed by atoms with van der Waals surface area (Å²) in [6, 6.07) is 63.7. The highest BCUT2D eigenvalue weighted by Crippen LogP contribution is 2.43. The van der Waals surface area contributed by atoms with E-state index in [1.807, 2.05) is 36.4 Å². The maximum atomic E-state index is 10.8. The maximum absolute atomic E-state index is 10.8. The summed E-state index contributed by atoms with van der Waals surface area (Å²) in [5.41, 5.74) is 12.5. The molecule has 0 bridgehead atoms. The maximum Gasteiger partial charge on any atom is 0.188 e. The standard InChI is InChI=1S/C50H29N5/c1-52-33-25-27-48-41(29-33)38-17-5-10-23-46(38)54(48)45-22-9-4-16-37(45)40-19-12-13-32(31-51)50(40)55-47-24-11-6-18-39(47)42-30-34(26-28-49(42)55)53-43-20-7-2-14-35(43)36-15-3-8-21-44(36)53/h2-30H. The second kappa shape index (κ2) is 11.8. The summed E-state index contributed by atoms with van der Waals surface area (Å²) in [4.78, 5) is 3.74. The van der Waals surface area contributed by atoms with E-state index in [-0.39, 0.29) is 0 Å². The first kappa shape index (κ1) is 30.7. The van der Waals surface area contributed by atoms with Crippen molar-refractivity contribution in [3.8, 4) is 34.3 Å². The number of hydrogen-bond donors (Lipinski definition) is 0. The van der Waals surface area contributed by atoms with Gasteiger partial charge >= 0.3 is 0 Å². The molecule has 0 aliphatic carbocycles. The molecule has 254 valence electrons. The second-order valence-electron chi connectivity index (χ2n) is 13.9. The van der Waals surface area contributed by atoms with Crippen molar-refractivity contribution in [2.45, 2.75) is 0 Å². The summed E-state index contributed by atoms with van der Waals surface area (Å²) in [6.45, 7) is 7.69. The number of para-hydroxylation sites is 6. The molecule has 5 heteroatoms. The average molecular weight is 700 g/mol. The van der Waals surface area contributed by atoms with Gasteiger partial charge in [0, 0.05) is 43.7 Å². The minimum absolute atomic E-state index is 0.588. The van der Waals surface area contributed by atoms with Crippen molar-refractivity contribution in [3.05, 3.63) is 193 Å². The van der Waals surface area contributed by atoms with Crippen LogP contribution in [0.25, 0.3) is 98.5 Å². The lowest BCUT2D eigenvalue weighted by Crippen LogP contribution is -2.03. The Kier molecular flexibility index (Phi) is 6.61. The molecule has 0 saturated carbocycles. The molecule has 8 aromatic carbocycles. The molecule has 0 atom stereocenters. The van der Waals surface area contributed by atoms with Crippen LogP contribution in [-0.2, 0) is 0 Å². The summed E-state index contributed by atoms with van der Waals surface area (Å²) in [5, 5.41) is 17.6. The number of nitrogens with zero attached hydrogens (tertiary/aromatic N) is 5. The van der Waals surface area contributed by atoms with Gasteiger partial charge in [0.25, 0.3) is 0 Å². The van der Waals surface area contributed by atoms with Gasteiger partial charge in [0.1, 0.15) is 6.07 Å². The van der Waals surface area contributed by atoms with Crippen LogP contribution in [0.15, 0.2) is 176 Å². The van der Waals surface area contributed by atoms with Gasteiger partial charge in [-0.3, -0.25) is 0 Å². The summed E-state index contributed by atoms with van der Waals surface area (Å²) < 4.78 is 6.92. The number of aromatic nitrogens is 3. The zero-order valence-electron chi connectivity index (χ0n) is 29.5. The quantitative estimate of drug-likeness (QED) is 0.169. The van der Waals surface area contributed by atoms with Gasteiger partial charge in [0.05, 0.1) is 56.6 Å². The molecule has 0 spiro atoms. The highest BCUT2D eigenvalue weighted by molar-refractivity contribution is 6.14. The van der Waals surface area contributed by atoms with E-state index in [0.29, 0.717) is 11.3 Å². The highest BCUT2D eigenvalue weighted by atomic mass is 15.0. The lowest BCUT2D eigenvalue weighted by atomic mass is 9.98. The van der Waals surface area contributed by atoms with Gasteiger partial charge in [-0.15, -0.1) is 0 Å². The minimum atomic E-state index is 0.588. The summed E-state index contributed by atoms with van der Waals surface area (Å²) in [6.07, 6.45) is 0. The van der Waals surface area contributed by atoms with E-state index in [1.54, 1.807) is 0 Å². The molecular formula is C50H29N5. The number of fused-ring (bicyclic) bond motifs is 9. The second-order valence-corrected chi connectivity index (χ2v) is 13.9. The molecule has 0 aliphatic heterocycles. The fourth-order valence-corrected chi connectivity index (χ4v) is 8.82. The molecule has 3 aromatic heterocycles. The van der Waals surface area contributed by atoms with Crippen LogP contribution in [0.4, 0.5) is 5.69 Å². The summed E-state index contributed by atoms with van der Waals surface area (Å²) in [7, 11) is 0. The molecule has 5 nitrogen and oxygen atoms in total. The molecule has 0 fully saturated rings. The Balaban J connectivity index is 1.20. The lowest BCUT2D eigenvalue weighted by Gasteiger charge is -2.19. The van der Waals surface area contributed by atoms with Crippen molar-refractivity contribution in [3.63, 3.8) is 0 Å². The van der Waals surface area contributed by atoms with Crippen molar-refractivity contribution in [1.29, 1.82) is 5.26 Å². The normalized spacial score (nSPS) is 11.6. The molecule has 11 rings (SSSR count). The van der Waals surface area contributed by atoms with Crippen LogP contribution >= 0.6 is 0 Å². The topological polar surface area (TPSA) is 42.9 Å². The van der Waals surface area contributed by atoms with Crippen molar-refractivity contribution < 1.29 is 0 Å². The third-order valence-corrected chi connectivity index (χ3v) is 11.1. The predicted octanol–water partition coefficient (Wildman–Crippen LogP) is 13.1. The molecule has 0 amide bonds. The van der Waals surface area contributed by atoms with Crippen LogP contribution < -0.4 is 0 Å². The third-order valence-electron chi connectivity index (χ3n) is 11.1. The van der Waals surface area contributed by atoms with Crippen LogP contribution in [0.5, 0.6) is 0 Å². The summed E-state index contributed by atoms with van der Waals surface area (Å²) >= 11 is 0. The summed E-state index contributed by atoms with van der Waals surface area (Å²) in [5.74, 6) is 0. The number of nitriles is 1. The fourth-order valence-electron chi connectivity index (χ4n) is 8.82. The van der Waals surface area contributed by atoms with Crippen LogP contribution in [0, 0.1) is 17.9 Å². The lowest BCUT2D eigenvalue weighted by molar-refractivity contribution is 1.15. The largest absolute Gasteiger partial charge is 0.309 e. The van der Waals surface area contributed by atoms with Crippen LogP contribution in [-0.4, -0.2) is 13.7 Å². The Morgan fingerprint density at radius 2 is 0.909 bits per heavy atom. The van der Waals surface area contributed by atoms with Gasteiger partial charge in [-0.1, -0.05) is 109 Å². The zero-order valence-corrected chi connectivity index (χ0v) is 29.5. The Morgan fingerprint density at radius 1 is 0.418 bits per heavy atom. The van der Waals surface area contributed by atoms with E-state index in [2.05, 4.69) is 164 Å². The third kappa shape index (κ3) is 4.39. The minimum Gasteiger partial charge on any atom is -0.309 e. The number of hydrogen-bond acceptors (Lipinski definition) is 1. The van der Waals surface area contributed by atoms with E-state index >= 15 is 0 Å². The van der Waals surface area contributed by atoms with Gasteiger partial charge in [-0.2, -0.15) is 5.26 Å². The van der Waals surface area contributed by atoms with E-state index < -0.39 is 0 Å². The van der Waals surface area contributed by atoms with E-state index in [4.69, 9.17) is 6.57 Å². The predicted molar refractivity (Wildman–Crippen MR) is 226 cm³/mol. The first-order chi connectivity index (χ1) is 27.2. The van der Waals surface area contributed by atoms with Gasteiger partial charge in [0.15, 0.2) is 5.69 Å². The van der Waals surface area contributed by atoms with E-state index in [0.717, 1.165) is 82.8 Å². The molecule has 0 saturated heterocycles. The van der Waals surface area contributed by atoms with Crippen molar-refractivity contribution >= 4 is 71.1 Å². The Morgan fingerprint density at radius 3 is 1.56 bits per heavy atom. The molecule has 0 N–H and O–H groups in total. The molecule has 55 heavy (non-hydrogen) atoms. The SMILES string of the molecule is [C-]#[N+]c1ccc2c(c1)c1ccccc1n2-c1ccccc1-c1cccc(C#N)c1-n1c2ccccc2c2cc(-n3c4ccccc4c4ccccc43)ccc21. The molecule has 0 radical (unpaired) electrons. The van der Waals surface area contributed by atoms with Crippen LogP contribution in [0.1, 0.15) is 5.56 Å². The molecular weight excluding hydrogens is 671 g/mol. The number of benzene rings is 8. The van der Waals surface area contributed by atoms with E-state index in [1.165, 1.54) is 10.8 Å². The Labute approximate surface area is 316 Å². The smallest absolute Gasteiger partial charge is 0.188 e. The van der Waals surface area contributed by atoms with Crippen molar-refractivity contribution in [1.82, 2.24) is 13.7 Å². The molecule has 11 aromatic rings. The van der Waals surface area contributed by atoms with Crippen LogP contribution in [0.2, 0.25) is 0 Å². The first-order valence-electron chi connectivity index (χ1n) is 18.3. The fraction of sp³-hybridized carbons (Fsp3) is 0. The average Bonchev–Trinajstić information content (AvgIpc) is 3.88. The van der Waals surface area contributed by atoms with Crippen molar-refractivity contribution in [2.75, 3.05) is 0 Å². The Hall–Kier alpha value is -7.86. The van der Waals surface area contributed by atoms with E-state index in [9.17, 15) is 5.26 Å². The van der Waals surface area contributed by atoms with Gasteiger partial charge in [-0.25, -0.2) is 4.85 Å². The van der Waals surface area contributed by atoms with Gasteiger partial charge in [0.2, 0.25) is 0 Å². The highest BCUT2D eigenvalue weighted by Gasteiger charge is 2.23. The molecule has 0 aliphatic rings.